The van der Waals surface area contributed by atoms with E-state index in [0.29, 0.717) is 12.8 Å². The third-order valence-corrected chi connectivity index (χ3v) is 7.31. The molecule has 0 unspecified atom stereocenters. The molecule has 0 aliphatic carbocycles. The topological polar surface area (TPSA) is 142 Å². The number of aryl methyl sites for hydroxylation is 2. The first-order chi connectivity index (χ1) is 21.5. The highest BCUT2D eigenvalue weighted by Crippen LogP contribution is 2.46. The molecule has 0 fully saturated rings. The summed E-state index contributed by atoms with van der Waals surface area (Å²) >= 11 is 0. The summed E-state index contributed by atoms with van der Waals surface area (Å²) in [5.41, 5.74) is 2.11. The number of ether oxygens (including phenoxy) is 2. The average Bonchev–Trinajstić information content (AvgIpc) is 2.99. The van der Waals surface area contributed by atoms with E-state index in [1.54, 1.807) is 0 Å². The van der Waals surface area contributed by atoms with Gasteiger partial charge in [0.15, 0.2) is 11.6 Å². The normalized spacial score (nSPS) is 10.9. The molecule has 0 spiro atoms. The lowest BCUT2D eigenvalue weighted by molar-refractivity contribution is -0.132. The van der Waals surface area contributed by atoms with Gasteiger partial charge in [-0.1, -0.05) is 60.7 Å². The SMILES string of the molecule is CC(=O)Oc1cc(OP(=O)(O)Oc2ccc(C(=O)CCc3ccccc3)c(OC(C)=O)c2)ccc1C(=O)CCc1ccccc1. The van der Waals surface area contributed by atoms with Crippen LogP contribution in [0.15, 0.2) is 97.1 Å². The van der Waals surface area contributed by atoms with E-state index in [1.807, 2.05) is 60.7 Å². The van der Waals surface area contributed by atoms with E-state index >= 15 is 0 Å². The second kappa shape index (κ2) is 15.1. The lowest BCUT2D eigenvalue weighted by Gasteiger charge is -2.16. The Morgan fingerprint density at radius 3 is 1.33 bits per heavy atom. The van der Waals surface area contributed by atoms with E-state index in [1.165, 1.54) is 24.3 Å². The largest absolute Gasteiger partial charge is 0.584 e. The van der Waals surface area contributed by atoms with Crippen LogP contribution in [-0.2, 0) is 27.0 Å². The summed E-state index contributed by atoms with van der Waals surface area (Å²) in [6, 6.07) is 26.2. The molecule has 232 valence electrons. The second-order valence-electron chi connectivity index (χ2n) is 9.97. The van der Waals surface area contributed by atoms with Crippen molar-refractivity contribution in [3.63, 3.8) is 0 Å². The molecule has 0 radical (unpaired) electrons. The molecular weight excluding hydrogens is 599 g/mol. The van der Waals surface area contributed by atoms with Crippen LogP contribution in [0.1, 0.15) is 58.5 Å². The molecule has 0 amide bonds. The molecule has 10 nitrogen and oxygen atoms in total. The van der Waals surface area contributed by atoms with Crippen LogP contribution in [0.25, 0.3) is 0 Å². The molecule has 45 heavy (non-hydrogen) atoms. The van der Waals surface area contributed by atoms with Crippen LogP contribution in [-0.4, -0.2) is 28.4 Å². The molecule has 4 aromatic carbocycles. The Morgan fingerprint density at radius 2 is 0.978 bits per heavy atom. The number of rotatable bonds is 14. The molecular formula is C34H31O10P. The van der Waals surface area contributed by atoms with Gasteiger partial charge in [0, 0.05) is 38.8 Å². The van der Waals surface area contributed by atoms with Gasteiger partial charge in [0.05, 0.1) is 11.1 Å². The van der Waals surface area contributed by atoms with Gasteiger partial charge in [-0.25, -0.2) is 4.57 Å². The maximum absolute atomic E-state index is 12.9. The van der Waals surface area contributed by atoms with Gasteiger partial charge in [-0.15, -0.1) is 0 Å². The van der Waals surface area contributed by atoms with Crippen molar-refractivity contribution in [2.24, 2.45) is 0 Å². The van der Waals surface area contributed by atoms with Gasteiger partial charge in [0.1, 0.15) is 23.0 Å². The number of esters is 2. The summed E-state index contributed by atoms with van der Waals surface area (Å²) in [7, 11) is -4.88. The Bertz CT molecular complexity index is 1610. The molecule has 0 atom stereocenters. The van der Waals surface area contributed by atoms with Crippen molar-refractivity contribution in [1.82, 2.24) is 0 Å². The van der Waals surface area contributed by atoms with E-state index in [0.717, 1.165) is 37.1 Å². The number of phosphoric acid groups is 1. The Kier molecular flexibility index (Phi) is 11.0. The van der Waals surface area contributed by atoms with Crippen LogP contribution in [0.3, 0.4) is 0 Å². The van der Waals surface area contributed by atoms with Crippen molar-refractivity contribution in [3.8, 4) is 23.0 Å². The highest BCUT2D eigenvalue weighted by Gasteiger charge is 2.28. The summed E-state index contributed by atoms with van der Waals surface area (Å²) in [4.78, 5) is 59.9. The van der Waals surface area contributed by atoms with Crippen LogP contribution in [0.5, 0.6) is 23.0 Å². The number of benzene rings is 4. The number of Topliss-reactive ketones (excluding diaryl/α,β-unsaturated/α-hetero) is 2. The fraction of sp³-hybridized carbons (Fsp3) is 0.176. The minimum Gasteiger partial charge on any atom is -0.426 e. The lowest BCUT2D eigenvalue weighted by atomic mass is 10.0. The van der Waals surface area contributed by atoms with E-state index in [2.05, 4.69) is 0 Å². The lowest BCUT2D eigenvalue weighted by Crippen LogP contribution is -2.10. The second-order valence-corrected chi connectivity index (χ2v) is 11.3. The predicted octanol–water partition coefficient (Wildman–Crippen LogP) is 6.73. The minimum atomic E-state index is -4.88. The summed E-state index contributed by atoms with van der Waals surface area (Å²) in [5, 5.41) is 0. The van der Waals surface area contributed by atoms with E-state index in [4.69, 9.17) is 18.5 Å². The van der Waals surface area contributed by atoms with Gasteiger partial charge in [-0.3, -0.25) is 24.1 Å². The van der Waals surface area contributed by atoms with Gasteiger partial charge < -0.3 is 18.5 Å². The highest BCUT2D eigenvalue weighted by molar-refractivity contribution is 7.48. The van der Waals surface area contributed by atoms with Gasteiger partial charge in [0.25, 0.3) is 0 Å². The number of carbonyl (C=O) groups is 4. The third-order valence-electron chi connectivity index (χ3n) is 6.42. The first-order valence-electron chi connectivity index (χ1n) is 14.0. The highest BCUT2D eigenvalue weighted by atomic mass is 31.2. The molecule has 4 rings (SSSR count). The predicted molar refractivity (Wildman–Crippen MR) is 165 cm³/mol. The molecule has 0 heterocycles. The number of phosphoric ester groups is 1. The molecule has 0 aromatic heterocycles. The maximum atomic E-state index is 12.9. The monoisotopic (exact) mass is 630 g/mol. The number of hydrogen-bond acceptors (Lipinski definition) is 9. The van der Waals surface area contributed by atoms with Crippen LogP contribution < -0.4 is 18.5 Å². The first-order valence-corrected chi connectivity index (χ1v) is 15.5. The zero-order valence-electron chi connectivity index (χ0n) is 24.6. The van der Waals surface area contributed by atoms with Crippen molar-refractivity contribution in [3.05, 3.63) is 119 Å². The Morgan fingerprint density at radius 1 is 0.600 bits per heavy atom. The zero-order valence-corrected chi connectivity index (χ0v) is 25.5. The van der Waals surface area contributed by atoms with Gasteiger partial charge in [-0.2, -0.15) is 0 Å². The molecule has 0 saturated heterocycles. The summed E-state index contributed by atoms with van der Waals surface area (Å²) in [6.07, 6.45) is 1.19. The molecule has 1 N–H and O–H groups in total. The van der Waals surface area contributed by atoms with E-state index < -0.39 is 19.8 Å². The fourth-order valence-electron chi connectivity index (χ4n) is 4.42. The van der Waals surface area contributed by atoms with Gasteiger partial charge in [-0.05, 0) is 48.2 Å². The van der Waals surface area contributed by atoms with E-state index in [9.17, 15) is 28.6 Å². The zero-order chi connectivity index (χ0) is 32.4. The molecule has 0 saturated carbocycles. The smallest absolute Gasteiger partial charge is 0.426 e. The summed E-state index contributed by atoms with van der Waals surface area (Å²) in [5.74, 6) is -2.74. The van der Waals surface area contributed by atoms with Crippen molar-refractivity contribution in [2.45, 2.75) is 39.5 Å². The Hall–Kier alpha value is -5.05. The number of ketones is 2. The molecule has 4 aromatic rings. The minimum absolute atomic E-state index is 0.0979. The maximum Gasteiger partial charge on any atom is 0.584 e. The Balaban J connectivity index is 1.48. The van der Waals surface area contributed by atoms with Crippen LogP contribution in [0, 0.1) is 0 Å². The molecule has 0 aliphatic rings. The number of carbonyl (C=O) groups excluding carboxylic acids is 4. The summed E-state index contributed by atoms with van der Waals surface area (Å²) in [6.45, 7) is 2.31. The Labute approximate surface area is 260 Å². The molecule has 0 bridgehead atoms. The van der Waals surface area contributed by atoms with E-state index in [-0.39, 0.29) is 58.5 Å². The molecule has 0 aliphatic heterocycles. The quantitative estimate of drug-likeness (QED) is 0.0690. The first kappa shape index (κ1) is 32.9. The van der Waals surface area contributed by atoms with Crippen molar-refractivity contribution in [1.29, 1.82) is 0 Å². The summed E-state index contributed by atoms with van der Waals surface area (Å²) < 4.78 is 33.7. The molecule has 11 heteroatoms. The van der Waals surface area contributed by atoms with Crippen molar-refractivity contribution in [2.75, 3.05) is 0 Å². The van der Waals surface area contributed by atoms with Crippen molar-refractivity contribution < 1.29 is 47.2 Å². The van der Waals surface area contributed by atoms with Crippen LogP contribution >= 0.6 is 7.82 Å². The number of hydrogen-bond donors (Lipinski definition) is 1. The third kappa shape index (κ3) is 9.99. The van der Waals surface area contributed by atoms with Gasteiger partial charge >= 0.3 is 19.8 Å². The van der Waals surface area contributed by atoms with Crippen LogP contribution in [0.2, 0.25) is 0 Å². The average molecular weight is 631 g/mol. The van der Waals surface area contributed by atoms with Crippen LogP contribution in [0.4, 0.5) is 0 Å². The standard InChI is InChI=1S/C34H31O10P/c1-23(35)41-33-21-27(15-17-29(33)31(37)19-13-25-9-5-3-6-10-25)43-45(39,40)44-28-16-18-30(34(22-28)42-24(2)36)32(38)20-14-26-11-7-4-8-12-26/h3-12,15-18,21-22H,13-14,19-20H2,1-2H3,(H,39,40). The van der Waals surface area contributed by atoms with Gasteiger partial charge in [0.2, 0.25) is 0 Å². The fourth-order valence-corrected chi connectivity index (χ4v) is 5.21. The van der Waals surface area contributed by atoms with Crippen molar-refractivity contribution >= 4 is 31.3 Å².